The number of hydrogen-bond acceptors (Lipinski definition) is 2. The molecule has 0 saturated heterocycles. The fraction of sp³-hybridized carbons (Fsp3) is 0.636. The predicted octanol–water partition coefficient (Wildman–Crippen LogP) is 2.19. The molecule has 0 fully saturated rings. The summed E-state index contributed by atoms with van der Waals surface area (Å²) in [6.45, 7) is 3.04. The molecule has 2 rings (SSSR count). The highest BCUT2D eigenvalue weighted by Crippen LogP contribution is 2.18. The lowest BCUT2D eigenvalue weighted by molar-refractivity contribution is 0.556. The van der Waals surface area contributed by atoms with E-state index in [9.17, 15) is 4.79 Å². The Morgan fingerprint density at radius 3 is 2.87 bits per heavy atom. The van der Waals surface area contributed by atoms with Crippen LogP contribution in [0.2, 0.25) is 0 Å². The van der Waals surface area contributed by atoms with Gasteiger partial charge in [-0.3, -0.25) is 9.78 Å². The van der Waals surface area contributed by atoms with Crippen molar-refractivity contribution in [2.24, 2.45) is 0 Å². The number of nitrogens with one attached hydrogen (secondary N) is 1. The first-order valence-electron chi connectivity index (χ1n) is 5.59. The van der Waals surface area contributed by atoms with Crippen LogP contribution < -0.4 is 5.56 Å². The van der Waals surface area contributed by atoms with E-state index in [4.69, 9.17) is 12.2 Å². The number of H-pyrrole nitrogens is 1. The smallest absolute Gasteiger partial charge is 0.255 e. The summed E-state index contributed by atoms with van der Waals surface area (Å²) < 4.78 is 2.69. The van der Waals surface area contributed by atoms with Gasteiger partial charge in [-0.25, -0.2) is 0 Å². The lowest BCUT2D eigenvalue weighted by Crippen LogP contribution is -2.25. The van der Waals surface area contributed by atoms with Crippen LogP contribution in [0.25, 0.3) is 0 Å². The molecule has 4 heteroatoms. The highest BCUT2D eigenvalue weighted by molar-refractivity contribution is 7.71. The number of aromatic nitrogens is 2. The van der Waals surface area contributed by atoms with E-state index in [2.05, 4.69) is 16.5 Å². The molecule has 0 bridgehead atoms. The second-order valence-electron chi connectivity index (χ2n) is 4.04. The zero-order valence-electron chi connectivity index (χ0n) is 9.01. The van der Waals surface area contributed by atoms with Crippen LogP contribution in [-0.4, -0.2) is 9.55 Å². The third-order valence-corrected chi connectivity index (χ3v) is 3.27. The molecule has 0 amide bonds. The van der Waals surface area contributed by atoms with Crippen molar-refractivity contribution in [3.63, 3.8) is 0 Å². The van der Waals surface area contributed by atoms with Crippen LogP contribution in [0.3, 0.4) is 0 Å². The van der Waals surface area contributed by atoms with Gasteiger partial charge in [-0.15, -0.1) is 0 Å². The number of fused-ring (bicyclic) bond motifs is 1. The number of rotatable bonds is 2. The average molecular weight is 224 g/mol. The second kappa shape index (κ2) is 4.31. The van der Waals surface area contributed by atoms with Crippen molar-refractivity contribution < 1.29 is 0 Å². The van der Waals surface area contributed by atoms with E-state index in [1.807, 2.05) is 0 Å². The van der Waals surface area contributed by atoms with Gasteiger partial charge in [0.25, 0.3) is 5.56 Å². The average Bonchev–Trinajstić information content (AvgIpc) is 2.24. The first kappa shape index (κ1) is 10.6. The summed E-state index contributed by atoms with van der Waals surface area (Å²) in [6.07, 6.45) is 5.26. The van der Waals surface area contributed by atoms with E-state index in [-0.39, 0.29) is 5.56 Å². The summed E-state index contributed by atoms with van der Waals surface area (Å²) in [4.78, 5) is 14.5. The Labute approximate surface area is 94.1 Å². The van der Waals surface area contributed by atoms with Crippen molar-refractivity contribution in [1.29, 1.82) is 0 Å². The van der Waals surface area contributed by atoms with Gasteiger partial charge in [-0.2, -0.15) is 0 Å². The molecule has 1 aliphatic rings. The molecule has 0 radical (unpaired) electrons. The van der Waals surface area contributed by atoms with Crippen molar-refractivity contribution in [3.05, 3.63) is 26.4 Å². The zero-order chi connectivity index (χ0) is 10.8. The zero-order valence-corrected chi connectivity index (χ0v) is 9.82. The van der Waals surface area contributed by atoms with Crippen LogP contribution in [0.15, 0.2) is 4.79 Å². The summed E-state index contributed by atoms with van der Waals surface area (Å²) in [7, 11) is 0. The van der Waals surface area contributed by atoms with Crippen LogP contribution in [0.4, 0.5) is 0 Å². The molecule has 15 heavy (non-hydrogen) atoms. The van der Waals surface area contributed by atoms with Gasteiger partial charge in [0.05, 0.1) is 0 Å². The van der Waals surface area contributed by atoms with E-state index < -0.39 is 0 Å². The minimum atomic E-state index is 0.0297. The maximum Gasteiger partial charge on any atom is 0.255 e. The summed E-state index contributed by atoms with van der Waals surface area (Å²) in [5, 5.41) is 0. The Hall–Kier alpha value is -0.900. The van der Waals surface area contributed by atoms with Crippen molar-refractivity contribution in [3.8, 4) is 0 Å². The van der Waals surface area contributed by atoms with Crippen LogP contribution >= 0.6 is 12.2 Å². The van der Waals surface area contributed by atoms with E-state index in [0.29, 0.717) is 4.77 Å². The molecule has 0 spiro atoms. The molecule has 3 nitrogen and oxygen atoms in total. The molecule has 0 unspecified atom stereocenters. The van der Waals surface area contributed by atoms with Crippen LogP contribution in [0.5, 0.6) is 0 Å². The van der Waals surface area contributed by atoms with Gasteiger partial charge in [0.2, 0.25) is 0 Å². The Bertz CT molecular complexity index is 472. The Morgan fingerprint density at radius 2 is 2.13 bits per heavy atom. The fourth-order valence-corrected chi connectivity index (χ4v) is 2.55. The molecule has 1 N–H and O–H groups in total. The highest BCUT2D eigenvalue weighted by atomic mass is 32.1. The number of nitrogens with zero attached hydrogens (tertiary/aromatic N) is 1. The van der Waals surface area contributed by atoms with Gasteiger partial charge in [-0.1, -0.05) is 6.92 Å². The lowest BCUT2D eigenvalue weighted by Gasteiger charge is -2.20. The molecular formula is C11H16N2OS. The van der Waals surface area contributed by atoms with E-state index >= 15 is 0 Å². The quantitative estimate of drug-likeness (QED) is 0.782. The van der Waals surface area contributed by atoms with Crippen molar-refractivity contribution in [1.82, 2.24) is 9.55 Å². The Kier molecular flexibility index (Phi) is 3.05. The topological polar surface area (TPSA) is 37.8 Å². The largest absolute Gasteiger partial charge is 0.322 e. The fourth-order valence-electron chi connectivity index (χ4n) is 2.25. The van der Waals surface area contributed by atoms with Gasteiger partial charge in [0.1, 0.15) is 0 Å². The maximum atomic E-state index is 11.7. The first-order valence-corrected chi connectivity index (χ1v) is 5.99. The van der Waals surface area contributed by atoms with E-state index in [1.165, 1.54) is 12.1 Å². The predicted molar refractivity (Wildman–Crippen MR) is 62.8 cm³/mol. The summed E-state index contributed by atoms with van der Waals surface area (Å²) in [5.41, 5.74) is 2.17. The number of hydrogen-bond donors (Lipinski definition) is 1. The number of aromatic amines is 1. The minimum absolute atomic E-state index is 0.0297. The van der Waals surface area contributed by atoms with E-state index in [0.717, 1.165) is 37.8 Å². The monoisotopic (exact) mass is 224 g/mol. The second-order valence-corrected chi connectivity index (χ2v) is 4.43. The molecule has 82 valence electrons. The van der Waals surface area contributed by atoms with Crippen molar-refractivity contribution in [2.45, 2.75) is 45.6 Å². The van der Waals surface area contributed by atoms with Crippen molar-refractivity contribution >= 4 is 12.2 Å². The Morgan fingerprint density at radius 1 is 1.40 bits per heavy atom. The standard InChI is InChI=1S/C11H16N2OS/c1-2-7-13-9-6-4-3-5-8(9)10(14)12-11(13)15/h2-7H2,1H3,(H,12,14,15). The minimum Gasteiger partial charge on any atom is -0.322 e. The summed E-state index contributed by atoms with van der Waals surface area (Å²) >= 11 is 5.20. The van der Waals surface area contributed by atoms with Crippen LogP contribution in [0, 0.1) is 4.77 Å². The summed E-state index contributed by atoms with van der Waals surface area (Å²) in [6, 6.07) is 0. The molecule has 1 aromatic heterocycles. The van der Waals surface area contributed by atoms with Gasteiger partial charge < -0.3 is 4.57 Å². The van der Waals surface area contributed by atoms with Gasteiger partial charge in [0.15, 0.2) is 4.77 Å². The maximum absolute atomic E-state index is 11.7. The molecule has 1 aromatic rings. The van der Waals surface area contributed by atoms with Gasteiger partial charge >= 0.3 is 0 Å². The molecular weight excluding hydrogens is 208 g/mol. The summed E-state index contributed by atoms with van der Waals surface area (Å²) in [5.74, 6) is 0. The first-order chi connectivity index (χ1) is 7.24. The van der Waals surface area contributed by atoms with Crippen LogP contribution in [0.1, 0.15) is 37.4 Å². The normalized spacial score (nSPS) is 15.0. The Balaban J connectivity index is 2.63. The molecule has 0 saturated carbocycles. The molecule has 0 aliphatic heterocycles. The molecule has 1 aliphatic carbocycles. The third kappa shape index (κ3) is 1.91. The molecule has 0 atom stereocenters. The van der Waals surface area contributed by atoms with E-state index in [1.54, 1.807) is 0 Å². The van der Waals surface area contributed by atoms with Gasteiger partial charge in [-0.05, 0) is 44.3 Å². The van der Waals surface area contributed by atoms with Crippen molar-refractivity contribution in [2.75, 3.05) is 0 Å². The highest BCUT2D eigenvalue weighted by Gasteiger charge is 2.16. The van der Waals surface area contributed by atoms with Gasteiger partial charge in [0, 0.05) is 17.8 Å². The van der Waals surface area contributed by atoms with Crippen LogP contribution in [-0.2, 0) is 19.4 Å². The molecule has 0 aromatic carbocycles. The SMILES string of the molecule is CCCn1c2c(c(=O)[nH]c1=S)CCCC2. The lowest BCUT2D eigenvalue weighted by atomic mass is 9.97. The molecule has 1 heterocycles. The third-order valence-electron chi connectivity index (χ3n) is 2.95.